The molecular formula is C15H13NO4. The average Bonchev–Trinajstić information content (AvgIpc) is 2.83. The van der Waals surface area contributed by atoms with Gasteiger partial charge in [-0.15, -0.1) is 0 Å². The van der Waals surface area contributed by atoms with Crippen LogP contribution in [0.4, 0.5) is 0 Å². The lowest BCUT2D eigenvalue weighted by Gasteiger charge is -2.11. The summed E-state index contributed by atoms with van der Waals surface area (Å²) < 4.78 is 5.23. The Morgan fingerprint density at radius 3 is 2.80 bits per heavy atom. The van der Waals surface area contributed by atoms with Gasteiger partial charge in [0.05, 0.1) is 5.56 Å². The number of aromatic nitrogens is 1. The standard InChI is InChI=1S/C15H13NO4/c17-12-6-3-7-13(12)20-15(19)10-8-14(18)16-11-5-2-1-4-9(10)11/h1-2,4-5,8,13H,3,6-7H2,(H,16,18)/t13-/m0/s1. The first kappa shape index (κ1) is 12.6. The van der Waals surface area contributed by atoms with E-state index in [4.69, 9.17) is 4.74 Å². The first-order valence-corrected chi connectivity index (χ1v) is 6.51. The van der Waals surface area contributed by atoms with Crippen LogP contribution in [0.1, 0.15) is 29.6 Å². The Morgan fingerprint density at radius 1 is 1.25 bits per heavy atom. The zero-order valence-corrected chi connectivity index (χ0v) is 10.7. The van der Waals surface area contributed by atoms with E-state index in [2.05, 4.69) is 4.98 Å². The smallest absolute Gasteiger partial charge is 0.339 e. The summed E-state index contributed by atoms with van der Waals surface area (Å²) in [7, 11) is 0. The van der Waals surface area contributed by atoms with Crippen molar-refractivity contribution in [1.82, 2.24) is 4.98 Å². The molecule has 0 aliphatic heterocycles. The Bertz CT molecular complexity index is 747. The highest BCUT2D eigenvalue weighted by molar-refractivity contribution is 6.04. The average molecular weight is 271 g/mol. The number of fused-ring (bicyclic) bond motifs is 1. The van der Waals surface area contributed by atoms with Crippen LogP contribution >= 0.6 is 0 Å². The summed E-state index contributed by atoms with van der Waals surface area (Å²) in [6, 6.07) is 8.21. The monoisotopic (exact) mass is 271 g/mol. The van der Waals surface area contributed by atoms with Crippen molar-refractivity contribution in [3.05, 3.63) is 46.2 Å². The number of H-pyrrole nitrogens is 1. The van der Waals surface area contributed by atoms with Gasteiger partial charge < -0.3 is 9.72 Å². The molecule has 1 saturated carbocycles. The van der Waals surface area contributed by atoms with Crippen molar-refractivity contribution in [2.45, 2.75) is 25.4 Å². The molecule has 1 aromatic carbocycles. The number of nitrogens with one attached hydrogen (secondary N) is 1. The van der Waals surface area contributed by atoms with Gasteiger partial charge in [-0.05, 0) is 18.9 Å². The van der Waals surface area contributed by atoms with Crippen LogP contribution in [0.2, 0.25) is 0 Å². The molecule has 5 heteroatoms. The fraction of sp³-hybridized carbons (Fsp3) is 0.267. The molecule has 1 fully saturated rings. The van der Waals surface area contributed by atoms with Gasteiger partial charge in [-0.3, -0.25) is 9.59 Å². The maximum absolute atomic E-state index is 12.2. The highest BCUT2D eigenvalue weighted by atomic mass is 16.5. The lowest BCUT2D eigenvalue weighted by atomic mass is 10.1. The van der Waals surface area contributed by atoms with E-state index in [9.17, 15) is 14.4 Å². The Hall–Kier alpha value is -2.43. The molecule has 20 heavy (non-hydrogen) atoms. The molecule has 1 aliphatic rings. The van der Waals surface area contributed by atoms with E-state index in [1.165, 1.54) is 6.07 Å². The maximum atomic E-state index is 12.2. The van der Waals surface area contributed by atoms with Crippen molar-refractivity contribution >= 4 is 22.7 Å². The number of benzene rings is 1. The first-order valence-electron chi connectivity index (χ1n) is 6.51. The van der Waals surface area contributed by atoms with Crippen LogP contribution in [-0.4, -0.2) is 22.8 Å². The second kappa shape index (κ2) is 4.92. The van der Waals surface area contributed by atoms with E-state index < -0.39 is 12.1 Å². The van der Waals surface area contributed by atoms with E-state index in [1.54, 1.807) is 24.3 Å². The molecule has 1 atom stereocenters. The van der Waals surface area contributed by atoms with Gasteiger partial charge >= 0.3 is 5.97 Å². The van der Waals surface area contributed by atoms with Crippen molar-refractivity contribution in [3.8, 4) is 0 Å². The van der Waals surface area contributed by atoms with Crippen molar-refractivity contribution in [3.63, 3.8) is 0 Å². The lowest BCUT2D eigenvalue weighted by molar-refractivity contribution is -0.124. The summed E-state index contributed by atoms with van der Waals surface area (Å²) in [6.07, 6.45) is 1.09. The minimum atomic E-state index is -0.666. The molecule has 1 aromatic heterocycles. The van der Waals surface area contributed by atoms with Gasteiger partial charge in [0, 0.05) is 23.4 Å². The summed E-state index contributed by atoms with van der Waals surface area (Å²) in [5.41, 5.74) is 0.405. The SMILES string of the molecule is O=C(O[C@H]1CCCC1=O)c1cc(=O)[nH]c2ccccc12. The number of carbonyl (C=O) groups is 2. The van der Waals surface area contributed by atoms with E-state index >= 15 is 0 Å². The number of pyridine rings is 1. The molecule has 0 amide bonds. The number of hydrogen-bond acceptors (Lipinski definition) is 4. The summed E-state index contributed by atoms with van der Waals surface area (Å²) in [5, 5.41) is 0.613. The van der Waals surface area contributed by atoms with Crippen LogP contribution in [-0.2, 0) is 9.53 Å². The van der Waals surface area contributed by atoms with E-state index in [1.807, 2.05) is 0 Å². The van der Waals surface area contributed by atoms with Crippen molar-refractivity contribution in [2.75, 3.05) is 0 Å². The number of ketones is 1. The molecule has 0 spiro atoms. The second-order valence-electron chi connectivity index (χ2n) is 4.85. The normalized spacial score (nSPS) is 18.4. The summed E-state index contributed by atoms with van der Waals surface area (Å²) >= 11 is 0. The molecule has 1 heterocycles. The predicted octanol–water partition coefficient (Wildman–Crippen LogP) is 1.81. The van der Waals surface area contributed by atoms with E-state index in [0.29, 0.717) is 23.7 Å². The third-order valence-corrected chi connectivity index (χ3v) is 3.47. The molecule has 102 valence electrons. The summed E-state index contributed by atoms with van der Waals surface area (Å²) in [4.78, 5) is 37.9. The van der Waals surface area contributed by atoms with E-state index in [0.717, 1.165) is 6.42 Å². The number of hydrogen-bond donors (Lipinski definition) is 1. The Morgan fingerprint density at radius 2 is 2.05 bits per heavy atom. The highest BCUT2D eigenvalue weighted by Gasteiger charge is 2.28. The number of esters is 1. The molecule has 5 nitrogen and oxygen atoms in total. The fourth-order valence-electron chi connectivity index (χ4n) is 2.47. The molecule has 3 rings (SSSR count). The number of rotatable bonds is 2. The van der Waals surface area contributed by atoms with Gasteiger partial charge in [-0.2, -0.15) is 0 Å². The molecule has 0 unspecified atom stereocenters. The zero-order valence-electron chi connectivity index (χ0n) is 10.7. The highest BCUT2D eigenvalue weighted by Crippen LogP contribution is 2.21. The third kappa shape index (κ3) is 2.22. The summed E-state index contributed by atoms with van der Waals surface area (Å²) in [5.74, 6) is -0.667. The van der Waals surface area contributed by atoms with Gasteiger partial charge in [0.2, 0.25) is 5.56 Å². The third-order valence-electron chi connectivity index (χ3n) is 3.47. The number of ether oxygens (including phenoxy) is 1. The molecular weight excluding hydrogens is 258 g/mol. The van der Waals surface area contributed by atoms with Crippen LogP contribution in [0.3, 0.4) is 0 Å². The van der Waals surface area contributed by atoms with Gasteiger partial charge in [-0.1, -0.05) is 18.2 Å². The molecule has 0 saturated heterocycles. The fourth-order valence-corrected chi connectivity index (χ4v) is 2.47. The van der Waals surface area contributed by atoms with Gasteiger partial charge in [0.1, 0.15) is 0 Å². The van der Waals surface area contributed by atoms with E-state index in [-0.39, 0.29) is 16.9 Å². The Balaban J connectivity index is 1.99. The van der Waals surface area contributed by atoms with Gasteiger partial charge in [0.25, 0.3) is 0 Å². The van der Waals surface area contributed by atoms with Crippen LogP contribution < -0.4 is 5.56 Å². The lowest BCUT2D eigenvalue weighted by Crippen LogP contribution is -2.23. The molecule has 2 aromatic rings. The van der Waals surface area contributed by atoms with Gasteiger partial charge in [0.15, 0.2) is 11.9 Å². The van der Waals surface area contributed by atoms with Crippen LogP contribution in [0.25, 0.3) is 10.9 Å². The Labute approximate surface area is 114 Å². The number of Topliss-reactive ketones (excluding diaryl/α,β-unsaturated/α-hetero) is 1. The minimum Gasteiger partial charge on any atom is -0.451 e. The van der Waals surface area contributed by atoms with Crippen LogP contribution in [0, 0.1) is 0 Å². The Kier molecular flexibility index (Phi) is 3.10. The van der Waals surface area contributed by atoms with Crippen molar-refractivity contribution in [2.24, 2.45) is 0 Å². The predicted molar refractivity (Wildman–Crippen MR) is 72.6 cm³/mol. The van der Waals surface area contributed by atoms with Crippen LogP contribution in [0.15, 0.2) is 35.1 Å². The molecule has 1 aliphatic carbocycles. The molecule has 1 N–H and O–H groups in total. The summed E-state index contributed by atoms with van der Waals surface area (Å²) in [6.45, 7) is 0. The number of para-hydroxylation sites is 1. The number of carbonyl (C=O) groups excluding carboxylic acids is 2. The van der Waals surface area contributed by atoms with Gasteiger partial charge in [-0.25, -0.2) is 4.79 Å². The first-order chi connectivity index (χ1) is 9.65. The molecule has 0 radical (unpaired) electrons. The van der Waals surface area contributed by atoms with Crippen molar-refractivity contribution < 1.29 is 14.3 Å². The maximum Gasteiger partial charge on any atom is 0.339 e. The topological polar surface area (TPSA) is 76.2 Å². The second-order valence-corrected chi connectivity index (χ2v) is 4.85. The zero-order chi connectivity index (χ0) is 14.1. The largest absolute Gasteiger partial charge is 0.451 e. The number of aromatic amines is 1. The van der Waals surface area contributed by atoms with Crippen molar-refractivity contribution in [1.29, 1.82) is 0 Å². The quantitative estimate of drug-likeness (QED) is 0.845. The minimum absolute atomic E-state index is 0.0486. The molecule has 0 bridgehead atoms. The van der Waals surface area contributed by atoms with Crippen LogP contribution in [0.5, 0.6) is 0 Å².